The van der Waals surface area contributed by atoms with Crippen LogP contribution in [0, 0.1) is 6.92 Å². The highest BCUT2D eigenvalue weighted by atomic mass is 32.1. The third-order valence-electron chi connectivity index (χ3n) is 8.13. The fourth-order valence-electron chi connectivity index (χ4n) is 5.97. The van der Waals surface area contributed by atoms with E-state index in [1.54, 1.807) is 35.3 Å². The Kier molecular flexibility index (Phi) is 7.89. The minimum atomic E-state index is -1.25. The lowest BCUT2D eigenvalue weighted by Gasteiger charge is -2.26. The van der Waals surface area contributed by atoms with Crippen LogP contribution in [0.1, 0.15) is 78.1 Å². The maximum absolute atomic E-state index is 14.1. The summed E-state index contributed by atoms with van der Waals surface area (Å²) in [4.78, 5) is 51.5. The SMILES string of the molecule is Cc1csc([C@H]2CCCN2C(=O)c2cc(-c3nnc([C@@](C)(Cc4ccccc4)NC(=O)O)o3)nc(N3C(=O)CCC3C)c2)n1. The fourth-order valence-corrected chi connectivity index (χ4v) is 6.92. The van der Waals surface area contributed by atoms with Gasteiger partial charge in [0.2, 0.25) is 11.8 Å². The van der Waals surface area contributed by atoms with E-state index in [0.29, 0.717) is 30.8 Å². The van der Waals surface area contributed by atoms with Gasteiger partial charge in [0.15, 0.2) is 0 Å². The first-order chi connectivity index (χ1) is 21.1. The molecule has 2 fully saturated rings. The summed E-state index contributed by atoms with van der Waals surface area (Å²) < 4.78 is 6.09. The van der Waals surface area contributed by atoms with Crippen LogP contribution in [-0.2, 0) is 16.8 Å². The summed E-state index contributed by atoms with van der Waals surface area (Å²) in [7, 11) is 0. The molecule has 5 heterocycles. The highest BCUT2D eigenvalue weighted by Gasteiger charge is 2.37. The monoisotopic (exact) mass is 615 g/mol. The molecule has 12 nitrogen and oxygen atoms in total. The van der Waals surface area contributed by atoms with Crippen LogP contribution in [0.25, 0.3) is 11.6 Å². The van der Waals surface area contributed by atoms with Crippen LogP contribution in [0.5, 0.6) is 0 Å². The summed E-state index contributed by atoms with van der Waals surface area (Å²) in [5.74, 6) is 0.103. The predicted octanol–water partition coefficient (Wildman–Crippen LogP) is 5.11. The van der Waals surface area contributed by atoms with E-state index in [2.05, 4.69) is 20.5 Å². The molecular formula is C31H33N7O5S. The smallest absolute Gasteiger partial charge is 0.405 e. The van der Waals surface area contributed by atoms with Crippen molar-refractivity contribution in [3.05, 3.63) is 75.6 Å². The topological polar surface area (TPSA) is 155 Å². The average molecular weight is 616 g/mol. The summed E-state index contributed by atoms with van der Waals surface area (Å²) in [5.41, 5.74) is 1.10. The fraction of sp³-hybridized carbons (Fsp3) is 0.387. The third kappa shape index (κ3) is 5.79. The number of nitrogens with zero attached hydrogens (tertiary/aromatic N) is 6. The third-order valence-corrected chi connectivity index (χ3v) is 9.19. The molecule has 0 radical (unpaired) electrons. The summed E-state index contributed by atoms with van der Waals surface area (Å²) in [6.07, 6.45) is 1.74. The molecule has 2 N–H and O–H groups in total. The van der Waals surface area contributed by atoms with Gasteiger partial charge < -0.3 is 19.7 Å². The number of rotatable bonds is 8. The zero-order valence-corrected chi connectivity index (χ0v) is 25.5. The number of aromatic nitrogens is 4. The van der Waals surface area contributed by atoms with Crippen LogP contribution in [0.15, 0.2) is 52.3 Å². The lowest BCUT2D eigenvalue weighted by molar-refractivity contribution is -0.117. The minimum absolute atomic E-state index is 0.00944. The largest absolute Gasteiger partial charge is 0.465 e. The van der Waals surface area contributed by atoms with Crippen LogP contribution in [-0.4, -0.2) is 60.7 Å². The molecule has 2 saturated heterocycles. The molecule has 13 heteroatoms. The molecule has 3 amide bonds. The molecule has 6 rings (SSSR count). The molecule has 3 aromatic heterocycles. The first-order valence-electron chi connectivity index (χ1n) is 14.6. The Hall–Kier alpha value is -4.65. The Bertz CT molecular complexity index is 1710. The maximum Gasteiger partial charge on any atom is 0.405 e. The first kappa shape index (κ1) is 29.4. The van der Waals surface area contributed by atoms with E-state index in [1.165, 1.54) is 0 Å². The van der Waals surface area contributed by atoms with Gasteiger partial charge >= 0.3 is 6.09 Å². The molecule has 2 aliphatic heterocycles. The molecule has 228 valence electrons. The first-order valence-corrected chi connectivity index (χ1v) is 15.5. The van der Waals surface area contributed by atoms with Gasteiger partial charge in [-0.3, -0.25) is 14.5 Å². The number of anilines is 1. The van der Waals surface area contributed by atoms with Crippen LogP contribution < -0.4 is 10.2 Å². The van der Waals surface area contributed by atoms with E-state index in [1.807, 2.05) is 54.5 Å². The van der Waals surface area contributed by atoms with Crippen molar-refractivity contribution in [3.8, 4) is 11.6 Å². The normalized spacial score (nSPS) is 19.8. The zero-order chi connectivity index (χ0) is 31.0. The number of thiazole rings is 1. The molecule has 1 unspecified atom stereocenters. The summed E-state index contributed by atoms with van der Waals surface area (Å²) in [5, 5.41) is 23.5. The van der Waals surface area contributed by atoms with Crippen molar-refractivity contribution in [1.29, 1.82) is 0 Å². The van der Waals surface area contributed by atoms with Crippen LogP contribution in [0.4, 0.5) is 10.6 Å². The molecule has 3 atom stereocenters. The Morgan fingerprint density at radius 1 is 1.16 bits per heavy atom. The molecule has 0 aliphatic carbocycles. The van der Waals surface area contributed by atoms with Gasteiger partial charge in [-0.05, 0) is 57.7 Å². The van der Waals surface area contributed by atoms with Gasteiger partial charge in [0.05, 0.1) is 6.04 Å². The number of amides is 3. The lowest BCUT2D eigenvalue weighted by atomic mass is 9.93. The number of aryl methyl sites for hydroxylation is 1. The Morgan fingerprint density at radius 3 is 2.64 bits per heavy atom. The number of carboxylic acid groups (broad SMARTS) is 1. The number of benzene rings is 1. The van der Waals surface area contributed by atoms with Gasteiger partial charge in [-0.2, -0.15) is 0 Å². The van der Waals surface area contributed by atoms with Gasteiger partial charge in [-0.1, -0.05) is 30.3 Å². The van der Waals surface area contributed by atoms with Crippen LogP contribution in [0.3, 0.4) is 0 Å². The van der Waals surface area contributed by atoms with Crippen molar-refractivity contribution >= 4 is 35.1 Å². The van der Waals surface area contributed by atoms with Gasteiger partial charge in [-0.25, -0.2) is 14.8 Å². The van der Waals surface area contributed by atoms with E-state index >= 15 is 0 Å². The Balaban J connectivity index is 1.39. The molecule has 0 saturated carbocycles. The highest BCUT2D eigenvalue weighted by Crippen LogP contribution is 2.37. The number of hydrogen-bond donors (Lipinski definition) is 2. The van der Waals surface area contributed by atoms with Crippen LogP contribution >= 0.6 is 11.3 Å². The number of carbonyl (C=O) groups excluding carboxylic acids is 2. The van der Waals surface area contributed by atoms with Gasteiger partial charge in [0.1, 0.15) is 22.1 Å². The standard InChI is InChI=1S/C31H33N7O5S/c1-18-17-44-27(32-18)23-10-7-13-37(23)28(40)21-14-22(33-24(15-21)38-19(2)11-12-25(38)39)26-35-36-29(43-26)31(3,34-30(41)42)16-20-8-5-4-6-9-20/h4-6,8-9,14-15,17,19,23,34H,7,10-13,16H2,1-3H3,(H,41,42)/t19?,23-,31-/m1/s1. The second-order valence-corrected chi connectivity index (χ2v) is 12.5. The highest BCUT2D eigenvalue weighted by molar-refractivity contribution is 7.09. The summed E-state index contributed by atoms with van der Waals surface area (Å²) >= 11 is 1.55. The second-order valence-electron chi connectivity index (χ2n) is 11.6. The molecule has 4 aromatic rings. The van der Waals surface area contributed by atoms with Gasteiger partial charge in [0.25, 0.3) is 11.8 Å². The van der Waals surface area contributed by atoms with Crippen molar-refractivity contribution in [1.82, 2.24) is 30.4 Å². The number of pyridine rings is 1. The van der Waals surface area contributed by atoms with Gasteiger partial charge in [0, 0.05) is 42.1 Å². The van der Waals surface area contributed by atoms with E-state index in [-0.39, 0.29) is 47.8 Å². The Labute approximate surface area is 258 Å². The summed E-state index contributed by atoms with van der Waals surface area (Å²) in [6, 6.07) is 12.4. The number of carbonyl (C=O) groups is 3. The number of likely N-dealkylation sites (tertiary alicyclic amines) is 1. The van der Waals surface area contributed by atoms with E-state index in [9.17, 15) is 19.5 Å². The molecular weight excluding hydrogens is 582 g/mol. The number of nitrogens with one attached hydrogen (secondary N) is 1. The predicted molar refractivity (Wildman–Crippen MR) is 162 cm³/mol. The lowest BCUT2D eigenvalue weighted by Crippen LogP contribution is -2.44. The molecule has 1 aromatic carbocycles. The molecule has 0 spiro atoms. The quantitative estimate of drug-likeness (QED) is 0.275. The molecule has 44 heavy (non-hydrogen) atoms. The minimum Gasteiger partial charge on any atom is -0.465 e. The summed E-state index contributed by atoms with van der Waals surface area (Å²) in [6.45, 7) is 6.13. The second kappa shape index (κ2) is 11.8. The maximum atomic E-state index is 14.1. The number of hydrogen-bond acceptors (Lipinski definition) is 9. The zero-order valence-electron chi connectivity index (χ0n) is 24.7. The molecule has 0 bridgehead atoms. The van der Waals surface area contributed by atoms with Crippen molar-refractivity contribution in [2.75, 3.05) is 11.4 Å². The van der Waals surface area contributed by atoms with E-state index in [4.69, 9.17) is 9.40 Å². The van der Waals surface area contributed by atoms with E-state index < -0.39 is 11.6 Å². The van der Waals surface area contributed by atoms with E-state index in [0.717, 1.165) is 29.1 Å². The Morgan fingerprint density at radius 2 is 1.95 bits per heavy atom. The van der Waals surface area contributed by atoms with Crippen molar-refractivity contribution in [3.63, 3.8) is 0 Å². The molecule has 2 aliphatic rings. The van der Waals surface area contributed by atoms with Crippen LogP contribution in [0.2, 0.25) is 0 Å². The average Bonchev–Trinajstić information content (AvgIpc) is 3.80. The van der Waals surface area contributed by atoms with Crippen molar-refractivity contribution < 1.29 is 23.9 Å². The van der Waals surface area contributed by atoms with Gasteiger partial charge in [-0.15, -0.1) is 21.5 Å². The van der Waals surface area contributed by atoms with Crippen molar-refractivity contribution in [2.24, 2.45) is 0 Å². The van der Waals surface area contributed by atoms with Crippen molar-refractivity contribution in [2.45, 2.75) is 70.5 Å².